The Morgan fingerprint density at radius 3 is 2.53 bits per heavy atom. The predicted molar refractivity (Wildman–Crippen MR) is 65.8 cm³/mol. The minimum atomic E-state index is -4.42. The molecule has 0 unspecified atom stereocenters. The van der Waals surface area contributed by atoms with Crippen LogP contribution in [-0.2, 0) is 6.18 Å². The lowest BCUT2D eigenvalue weighted by molar-refractivity contribution is -0.137. The van der Waals surface area contributed by atoms with Gasteiger partial charge in [0.2, 0.25) is 0 Å². The molecule has 6 heteroatoms. The number of nitrogens with one attached hydrogen (secondary N) is 1. The van der Waals surface area contributed by atoms with Crippen LogP contribution in [0.25, 0.3) is 0 Å². The lowest BCUT2D eigenvalue weighted by Crippen LogP contribution is -2.57. The Morgan fingerprint density at radius 2 is 2.11 bits per heavy atom. The van der Waals surface area contributed by atoms with E-state index < -0.39 is 11.7 Å². The van der Waals surface area contributed by atoms with Gasteiger partial charge in [0.15, 0.2) is 0 Å². The number of anilines is 1. The van der Waals surface area contributed by atoms with E-state index in [1.807, 2.05) is 17.9 Å². The maximum atomic E-state index is 12.6. The first kappa shape index (κ1) is 13.7. The van der Waals surface area contributed by atoms with Gasteiger partial charge in [0.25, 0.3) is 0 Å². The van der Waals surface area contributed by atoms with E-state index in [9.17, 15) is 13.2 Å². The van der Waals surface area contributed by atoms with E-state index in [0.29, 0.717) is 12.2 Å². The van der Waals surface area contributed by atoms with Crippen molar-refractivity contribution < 1.29 is 13.2 Å². The fourth-order valence-corrected chi connectivity index (χ4v) is 2.17. The van der Waals surface area contributed by atoms with Crippen LogP contribution in [-0.4, -0.2) is 25.7 Å². The average Bonchev–Trinajstić information content (AvgIpc) is 2.31. The second kappa shape index (κ2) is 5.10. The van der Waals surface area contributed by atoms with Crippen LogP contribution in [0.1, 0.15) is 18.1 Å². The molecular weight excluding hydrogens is 255 g/mol. The molecule has 1 aliphatic heterocycles. The van der Waals surface area contributed by atoms with E-state index in [0.717, 1.165) is 25.2 Å². The lowest BCUT2D eigenvalue weighted by atomic mass is 10.0. The molecule has 2 rings (SSSR count). The molecule has 1 aromatic rings. The summed E-state index contributed by atoms with van der Waals surface area (Å²) in [5.74, 6) is 0. The van der Waals surface area contributed by atoms with Crippen molar-refractivity contribution in [2.45, 2.75) is 19.1 Å². The minimum absolute atomic E-state index is 0.0728. The molecule has 1 aliphatic rings. The molecule has 0 amide bonds. The van der Waals surface area contributed by atoms with Crippen molar-refractivity contribution in [3.63, 3.8) is 0 Å². The number of likely N-dealkylation sites (N-methyl/N-ethyl adjacent to an activating group) is 1. The Morgan fingerprint density at radius 1 is 1.42 bits per heavy atom. The van der Waals surface area contributed by atoms with Crippen LogP contribution in [0.3, 0.4) is 0 Å². The van der Waals surface area contributed by atoms with E-state index in [-0.39, 0.29) is 11.6 Å². The summed E-state index contributed by atoms with van der Waals surface area (Å²) in [5, 5.41) is 12.2. The third-order valence-electron chi connectivity index (χ3n) is 3.30. The van der Waals surface area contributed by atoms with Crippen LogP contribution >= 0.6 is 0 Å². The number of hydrogen-bond donors (Lipinski definition) is 1. The van der Waals surface area contributed by atoms with E-state index in [1.165, 1.54) is 6.07 Å². The van der Waals surface area contributed by atoms with Crippen molar-refractivity contribution >= 4 is 5.69 Å². The molecule has 1 heterocycles. The number of halogens is 3. The first-order valence-corrected chi connectivity index (χ1v) is 6.06. The lowest BCUT2D eigenvalue weighted by Gasteiger charge is -2.39. The Kier molecular flexibility index (Phi) is 3.67. The van der Waals surface area contributed by atoms with Crippen molar-refractivity contribution in [1.82, 2.24) is 5.32 Å². The molecule has 0 saturated carbocycles. The van der Waals surface area contributed by atoms with Crippen LogP contribution < -0.4 is 10.2 Å². The molecule has 0 bridgehead atoms. The summed E-state index contributed by atoms with van der Waals surface area (Å²) in [6.07, 6.45) is -4.42. The molecule has 1 saturated heterocycles. The summed E-state index contributed by atoms with van der Waals surface area (Å²) < 4.78 is 37.9. The highest BCUT2D eigenvalue weighted by molar-refractivity contribution is 5.61. The number of nitriles is 1. The van der Waals surface area contributed by atoms with Crippen LogP contribution in [0.15, 0.2) is 18.2 Å². The molecule has 1 aromatic carbocycles. The van der Waals surface area contributed by atoms with Gasteiger partial charge in [0, 0.05) is 19.6 Å². The molecule has 1 fully saturated rings. The zero-order valence-electron chi connectivity index (χ0n) is 10.5. The van der Waals surface area contributed by atoms with Gasteiger partial charge in [0.05, 0.1) is 22.9 Å². The minimum Gasteiger partial charge on any atom is -0.365 e. The predicted octanol–water partition coefficient (Wildman–Crippen LogP) is 2.38. The zero-order chi connectivity index (χ0) is 14.0. The van der Waals surface area contributed by atoms with Gasteiger partial charge >= 0.3 is 6.18 Å². The first-order chi connectivity index (χ1) is 8.97. The summed E-state index contributed by atoms with van der Waals surface area (Å²) in [4.78, 5) is 1.97. The van der Waals surface area contributed by atoms with E-state index in [2.05, 4.69) is 5.32 Å². The van der Waals surface area contributed by atoms with Gasteiger partial charge in [-0.3, -0.25) is 0 Å². The fourth-order valence-electron chi connectivity index (χ4n) is 2.17. The summed E-state index contributed by atoms with van der Waals surface area (Å²) >= 11 is 0. The Hall–Kier alpha value is -1.74. The maximum Gasteiger partial charge on any atom is 0.416 e. The number of rotatable bonds is 3. The molecule has 0 atom stereocenters. The maximum absolute atomic E-state index is 12.6. The molecule has 0 aliphatic carbocycles. The van der Waals surface area contributed by atoms with Crippen molar-refractivity contribution in [3.05, 3.63) is 29.3 Å². The van der Waals surface area contributed by atoms with Crippen LogP contribution in [0, 0.1) is 11.3 Å². The van der Waals surface area contributed by atoms with Crippen LogP contribution in [0.2, 0.25) is 0 Å². The van der Waals surface area contributed by atoms with E-state index in [1.54, 1.807) is 0 Å². The number of hydrogen-bond acceptors (Lipinski definition) is 3. The summed E-state index contributed by atoms with van der Waals surface area (Å²) in [5.41, 5.74) is -0.135. The second-order valence-electron chi connectivity index (χ2n) is 4.44. The van der Waals surface area contributed by atoms with Gasteiger partial charge in [0.1, 0.15) is 6.07 Å². The monoisotopic (exact) mass is 269 g/mol. The van der Waals surface area contributed by atoms with Crippen molar-refractivity contribution in [3.8, 4) is 6.07 Å². The summed E-state index contributed by atoms with van der Waals surface area (Å²) in [6.45, 7) is 4.17. The van der Waals surface area contributed by atoms with Crippen LogP contribution in [0.4, 0.5) is 18.9 Å². The average molecular weight is 269 g/mol. The van der Waals surface area contributed by atoms with Gasteiger partial charge < -0.3 is 10.2 Å². The second-order valence-corrected chi connectivity index (χ2v) is 4.44. The molecule has 1 N–H and O–H groups in total. The topological polar surface area (TPSA) is 39.1 Å². The zero-order valence-corrected chi connectivity index (χ0v) is 10.5. The van der Waals surface area contributed by atoms with Gasteiger partial charge in [-0.15, -0.1) is 0 Å². The van der Waals surface area contributed by atoms with Gasteiger partial charge in [-0.25, -0.2) is 0 Å². The first-order valence-electron chi connectivity index (χ1n) is 6.06. The standard InChI is InChI=1S/C13H14F3N3/c1-2-19(11-7-18-8-11)12-4-3-10(13(14,15)16)5-9(12)6-17/h3-5,11,18H,2,7-8H2,1H3. The molecule has 19 heavy (non-hydrogen) atoms. The van der Waals surface area contributed by atoms with E-state index >= 15 is 0 Å². The highest BCUT2D eigenvalue weighted by Gasteiger charge is 2.32. The summed E-state index contributed by atoms with van der Waals surface area (Å²) in [6, 6.07) is 5.45. The van der Waals surface area contributed by atoms with Crippen LogP contribution in [0.5, 0.6) is 0 Å². The number of nitrogens with zero attached hydrogens (tertiary/aromatic N) is 2. The quantitative estimate of drug-likeness (QED) is 0.915. The molecular formula is C13H14F3N3. The molecule has 102 valence electrons. The highest BCUT2D eigenvalue weighted by Crippen LogP contribution is 2.33. The molecule has 3 nitrogen and oxygen atoms in total. The molecule has 0 spiro atoms. The normalized spacial score (nSPS) is 15.7. The summed E-state index contributed by atoms with van der Waals surface area (Å²) in [7, 11) is 0. The van der Waals surface area contributed by atoms with Gasteiger partial charge in [-0.1, -0.05) is 0 Å². The number of benzene rings is 1. The Balaban J connectivity index is 2.38. The largest absolute Gasteiger partial charge is 0.416 e. The Labute approximate surface area is 109 Å². The number of alkyl halides is 3. The molecule has 0 aromatic heterocycles. The Bertz CT molecular complexity index is 501. The SMILES string of the molecule is CCN(c1ccc(C(F)(F)F)cc1C#N)C1CNC1. The smallest absolute Gasteiger partial charge is 0.365 e. The molecule has 0 radical (unpaired) electrons. The van der Waals surface area contributed by atoms with Crippen molar-refractivity contribution in [2.24, 2.45) is 0 Å². The highest BCUT2D eigenvalue weighted by atomic mass is 19.4. The third-order valence-corrected chi connectivity index (χ3v) is 3.30. The van der Waals surface area contributed by atoms with Gasteiger partial charge in [-0.05, 0) is 25.1 Å². The van der Waals surface area contributed by atoms with E-state index in [4.69, 9.17) is 5.26 Å². The van der Waals surface area contributed by atoms with Gasteiger partial charge in [-0.2, -0.15) is 18.4 Å². The third kappa shape index (κ3) is 2.66. The van der Waals surface area contributed by atoms with Crippen molar-refractivity contribution in [1.29, 1.82) is 5.26 Å². The fraction of sp³-hybridized carbons (Fsp3) is 0.462. The van der Waals surface area contributed by atoms with Crippen molar-refractivity contribution in [2.75, 3.05) is 24.5 Å².